The van der Waals surface area contributed by atoms with Crippen LogP contribution in [0.3, 0.4) is 0 Å². The molecule has 0 N–H and O–H groups in total. The van der Waals surface area contributed by atoms with E-state index in [4.69, 9.17) is 0 Å². The van der Waals surface area contributed by atoms with Gasteiger partial charge in [-0.1, -0.05) is 76.6 Å². The maximum Gasteiger partial charge on any atom is 0.0732 e. The van der Waals surface area contributed by atoms with Gasteiger partial charge in [-0.2, -0.15) is 0 Å². The summed E-state index contributed by atoms with van der Waals surface area (Å²) in [5.74, 6) is 0. The van der Waals surface area contributed by atoms with Crippen molar-refractivity contribution in [2.24, 2.45) is 0 Å². The van der Waals surface area contributed by atoms with Crippen molar-refractivity contribution in [1.82, 2.24) is 4.90 Å². The van der Waals surface area contributed by atoms with Crippen LogP contribution in [0, 0.1) is 0 Å². The summed E-state index contributed by atoms with van der Waals surface area (Å²) in [6.45, 7) is 1.08. The number of benzene rings is 2. The molecule has 2 heteroatoms. The summed E-state index contributed by atoms with van der Waals surface area (Å²) in [5.41, 5.74) is 5.40. The van der Waals surface area contributed by atoms with Crippen molar-refractivity contribution < 1.29 is 0 Å². The van der Waals surface area contributed by atoms with E-state index >= 15 is 0 Å². The molecule has 19 heavy (non-hydrogen) atoms. The summed E-state index contributed by atoms with van der Waals surface area (Å²) >= 11 is 3.51. The van der Waals surface area contributed by atoms with Crippen molar-refractivity contribution in [3.05, 3.63) is 71.8 Å². The van der Waals surface area contributed by atoms with Crippen molar-refractivity contribution in [3.63, 3.8) is 0 Å². The lowest BCUT2D eigenvalue weighted by molar-refractivity contribution is 0.624. The van der Waals surface area contributed by atoms with E-state index in [9.17, 15) is 0 Å². The highest BCUT2D eigenvalue weighted by atomic mass is 79.9. The Morgan fingerprint density at radius 2 is 1.21 bits per heavy atom. The number of halogens is 1. The molecule has 0 amide bonds. The summed E-state index contributed by atoms with van der Waals surface area (Å²) in [6.07, 6.45) is 1.16. The zero-order valence-electron chi connectivity index (χ0n) is 10.7. The van der Waals surface area contributed by atoms with Gasteiger partial charge in [0.25, 0.3) is 0 Å². The smallest absolute Gasteiger partial charge is 0.0732 e. The zero-order valence-corrected chi connectivity index (χ0v) is 12.3. The van der Waals surface area contributed by atoms with Gasteiger partial charge in [-0.15, -0.1) is 0 Å². The van der Waals surface area contributed by atoms with Crippen molar-refractivity contribution in [2.45, 2.75) is 6.42 Å². The van der Waals surface area contributed by atoms with Crippen LogP contribution in [0.1, 0.15) is 17.5 Å². The largest absolute Gasteiger partial charge is 0.337 e. The van der Waals surface area contributed by atoms with Crippen LogP contribution in [0.5, 0.6) is 0 Å². The summed E-state index contributed by atoms with van der Waals surface area (Å²) < 4.78 is 0. The second-order valence-corrected chi connectivity index (χ2v) is 5.42. The van der Waals surface area contributed by atoms with E-state index in [0.717, 1.165) is 18.3 Å². The normalized spacial score (nSPS) is 13.8. The Bertz CT molecular complexity index is 525. The Hall–Kier alpha value is -1.54. The van der Waals surface area contributed by atoms with Crippen LogP contribution in [-0.4, -0.2) is 16.8 Å². The average Bonchev–Trinajstić information content (AvgIpc) is 3.21. The van der Waals surface area contributed by atoms with Gasteiger partial charge in [-0.05, 0) is 6.42 Å². The fourth-order valence-electron chi connectivity index (χ4n) is 2.42. The van der Waals surface area contributed by atoms with E-state index in [1.807, 2.05) is 0 Å². The molecular formula is C17H16BrN. The quantitative estimate of drug-likeness (QED) is 0.728. The van der Waals surface area contributed by atoms with E-state index in [1.54, 1.807) is 0 Å². The number of rotatable bonds is 5. The second kappa shape index (κ2) is 5.62. The minimum Gasteiger partial charge on any atom is -0.337 e. The lowest BCUT2D eigenvalue weighted by Gasteiger charge is -2.06. The van der Waals surface area contributed by atoms with Crippen LogP contribution in [0.2, 0.25) is 0 Å². The van der Waals surface area contributed by atoms with Gasteiger partial charge in [0.1, 0.15) is 0 Å². The molecule has 3 rings (SSSR count). The summed E-state index contributed by atoms with van der Waals surface area (Å²) in [7, 11) is 0. The molecule has 0 radical (unpaired) electrons. The number of hydrogen-bond acceptors (Lipinski definition) is 1. The maximum absolute atomic E-state index is 3.51. The van der Waals surface area contributed by atoms with Gasteiger partial charge in [0.2, 0.25) is 0 Å². The first-order valence-electron chi connectivity index (χ1n) is 6.60. The fourth-order valence-corrected chi connectivity index (χ4v) is 2.67. The molecule has 2 aromatic carbocycles. The second-order valence-electron chi connectivity index (χ2n) is 4.62. The molecule has 0 saturated carbocycles. The Labute approximate surface area is 122 Å². The van der Waals surface area contributed by atoms with Crippen LogP contribution in [0.15, 0.2) is 60.7 Å². The van der Waals surface area contributed by atoms with Gasteiger partial charge >= 0.3 is 0 Å². The Balaban J connectivity index is 1.91. The van der Waals surface area contributed by atoms with Crippen LogP contribution >= 0.6 is 15.9 Å². The fraction of sp³-hybridized carbons (Fsp3) is 0.176. The van der Waals surface area contributed by atoms with Crippen LogP contribution in [-0.2, 0) is 0 Å². The van der Waals surface area contributed by atoms with E-state index in [-0.39, 0.29) is 0 Å². The number of hydrogen-bond donors (Lipinski definition) is 0. The third-order valence-corrected chi connectivity index (χ3v) is 3.88. The van der Waals surface area contributed by atoms with Gasteiger partial charge in [-0.3, -0.25) is 0 Å². The average molecular weight is 314 g/mol. The maximum atomic E-state index is 3.51. The molecule has 2 aromatic rings. The van der Waals surface area contributed by atoms with E-state index in [0.29, 0.717) is 0 Å². The molecule has 0 aliphatic carbocycles. The minimum absolute atomic E-state index is 1.05. The SMILES string of the molecule is BrCCCN1C(c2ccccc2)=C1c1ccccc1. The molecule has 0 unspecified atom stereocenters. The zero-order chi connectivity index (χ0) is 13.1. The molecule has 1 nitrogen and oxygen atoms in total. The first-order valence-corrected chi connectivity index (χ1v) is 7.72. The number of nitrogens with zero attached hydrogens (tertiary/aromatic N) is 1. The van der Waals surface area contributed by atoms with Gasteiger partial charge < -0.3 is 4.90 Å². The first kappa shape index (κ1) is 12.5. The summed E-state index contributed by atoms with van der Waals surface area (Å²) in [5, 5.41) is 1.05. The van der Waals surface area contributed by atoms with E-state index < -0.39 is 0 Å². The lowest BCUT2D eigenvalue weighted by Crippen LogP contribution is -2.04. The Morgan fingerprint density at radius 1 is 0.737 bits per heavy atom. The molecule has 96 valence electrons. The monoisotopic (exact) mass is 313 g/mol. The topological polar surface area (TPSA) is 3.01 Å². The standard InChI is InChI=1S/C17H16BrN/c18-12-7-13-19-16(14-8-3-1-4-9-14)17(19)15-10-5-2-6-11-15/h1-6,8-11H,7,12-13H2. The predicted molar refractivity (Wildman–Crippen MR) is 84.8 cm³/mol. The van der Waals surface area contributed by atoms with Crippen LogP contribution < -0.4 is 0 Å². The van der Waals surface area contributed by atoms with Gasteiger partial charge in [-0.25, -0.2) is 0 Å². The van der Waals surface area contributed by atoms with Gasteiger partial charge in [0.05, 0.1) is 11.4 Å². The first-order chi connectivity index (χ1) is 9.42. The van der Waals surface area contributed by atoms with E-state index in [2.05, 4.69) is 81.5 Å². The van der Waals surface area contributed by atoms with Crippen molar-refractivity contribution in [2.75, 3.05) is 11.9 Å². The molecule has 1 aliphatic heterocycles. The molecular weight excluding hydrogens is 298 g/mol. The highest BCUT2D eigenvalue weighted by Gasteiger charge is 2.34. The molecule has 0 bridgehead atoms. The Morgan fingerprint density at radius 3 is 1.63 bits per heavy atom. The molecule has 0 fully saturated rings. The highest BCUT2D eigenvalue weighted by Crippen LogP contribution is 2.46. The minimum atomic E-state index is 1.05. The molecule has 1 heterocycles. The predicted octanol–water partition coefficient (Wildman–Crippen LogP) is 4.61. The number of alkyl halides is 1. The van der Waals surface area contributed by atoms with Gasteiger partial charge in [0, 0.05) is 23.0 Å². The molecule has 1 aliphatic rings. The molecule has 0 saturated heterocycles. The molecule has 0 atom stereocenters. The summed E-state index contributed by atoms with van der Waals surface area (Å²) in [4.78, 5) is 2.42. The third kappa shape index (κ3) is 2.59. The van der Waals surface area contributed by atoms with Crippen molar-refractivity contribution in [1.29, 1.82) is 0 Å². The molecule has 0 aromatic heterocycles. The lowest BCUT2D eigenvalue weighted by atomic mass is 10.1. The van der Waals surface area contributed by atoms with Gasteiger partial charge in [0.15, 0.2) is 0 Å². The van der Waals surface area contributed by atoms with E-state index in [1.165, 1.54) is 22.5 Å². The Kier molecular flexibility index (Phi) is 3.69. The highest BCUT2D eigenvalue weighted by molar-refractivity contribution is 9.09. The summed E-state index contributed by atoms with van der Waals surface area (Å²) in [6, 6.07) is 21.3. The van der Waals surface area contributed by atoms with Crippen LogP contribution in [0.25, 0.3) is 11.4 Å². The van der Waals surface area contributed by atoms with Crippen molar-refractivity contribution in [3.8, 4) is 0 Å². The molecule has 0 spiro atoms. The van der Waals surface area contributed by atoms with Crippen molar-refractivity contribution >= 4 is 27.3 Å². The third-order valence-electron chi connectivity index (χ3n) is 3.32. The van der Waals surface area contributed by atoms with Crippen LogP contribution in [0.4, 0.5) is 0 Å².